The maximum atomic E-state index is 3.34. The third-order valence-corrected chi connectivity index (χ3v) is 4.03. The molecule has 0 spiro atoms. The van der Waals surface area contributed by atoms with Gasteiger partial charge < -0.3 is 5.32 Å². The van der Waals surface area contributed by atoms with Crippen molar-refractivity contribution >= 4 is 0 Å². The molecule has 1 N–H and O–H groups in total. The van der Waals surface area contributed by atoms with Crippen molar-refractivity contribution in [1.29, 1.82) is 0 Å². The van der Waals surface area contributed by atoms with E-state index in [0.29, 0.717) is 6.04 Å². The average molecular weight is 212 g/mol. The largest absolute Gasteiger partial charge is 0.318 e. The van der Waals surface area contributed by atoms with Crippen LogP contribution in [0, 0.1) is 11.8 Å². The van der Waals surface area contributed by atoms with Crippen molar-refractivity contribution in [3.63, 3.8) is 0 Å². The maximum Gasteiger partial charge on any atom is 0.0246 e. The van der Waals surface area contributed by atoms with Crippen LogP contribution in [0.15, 0.2) is 0 Å². The number of nitrogens with zero attached hydrogens (tertiary/aromatic N) is 1. The summed E-state index contributed by atoms with van der Waals surface area (Å²) in [6, 6.07) is 1.45. The summed E-state index contributed by atoms with van der Waals surface area (Å²) in [7, 11) is 2.06. The molecule has 2 nitrogen and oxygen atoms in total. The molecule has 1 fully saturated rings. The highest BCUT2D eigenvalue weighted by Crippen LogP contribution is 2.26. The summed E-state index contributed by atoms with van der Waals surface area (Å²) in [6.45, 7) is 11.9. The summed E-state index contributed by atoms with van der Waals surface area (Å²) in [5, 5.41) is 3.34. The molecule has 2 heteroatoms. The summed E-state index contributed by atoms with van der Waals surface area (Å²) >= 11 is 0. The van der Waals surface area contributed by atoms with Crippen molar-refractivity contribution in [3.8, 4) is 0 Å². The predicted octanol–water partition coefficient (Wildman–Crippen LogP) is 2.35. The molecular weight excluding hydrogens is 184 g/mol. The van der Waals surface area contributed by atoms with Gasteiger partial charge in [0.2, 0.25) is 0 Å². The minimum absolute atomic E-state index is 0.702. The van der Waals surface area contributed by atoms with Gasteiger partial charge in [-0.05, 0) is 45.2 Å². The van der Waals surface area contributed by atoms with Gasteiger partial charge in [-0.25, -0.2) is 0 Å². The van der Waals surface area contributed by atoms with Crippen LogP contribution < -0.4 is 5.32 Å². The van der Waals surface area contributed by atoms with E-state index in [0.717, 1.165) is 24.4 Å². The van der Waals surface area contributed by atoms with E-state index in [1.54, 1.807) is 0 Å². The second kappa shape index (κ2) is 5.86. The quantitative estimate of drug-likeness (QED) is 0.769. The Morgan fingerprint density at radius 3 is 2.53 bits per heavy atom. The molecule has 90 valence electrons. The molecule has 15 heavy (non-hydrogen) atoms. The van der Waals surface area contributed by atoms with Gasteiger partial charge in [0.05, 0.1) is 0 Å². The van der Waals surface area contributed by atoms with Gasteiger partial charge in [-0.3, -0.25) is 4.90 Å². The van der Waals surface area contributed by atoms with Crippen molar-refractivity contribution in [3.05, 3.63) is 0 Å². The number of nitrogens with one attached hydrogen (secondary N) is 1. The van der Waals surface area contributed by atoms with E-state index in [1.165, 1.54) is 19.4 Å². The first kappa shape index (κ1) is 13.0. The first-order valence-corrected chi connectivity index (χ1v) is 6.48. The molecule has 1 heterocycles. The van der Waals surface area contributed by atoms with Crippen molar-refractivity contribution in [1.82, 2.24) is 10.2 Å². The third kappa shape index (κ3) is 3.18. The molecule has 0 bridgehead atoms. The van der Waals surface area contributed by atoms with Crippen molar-refractivity contribution in [2.45, 2.75) is 52.6 Å². The van der Waals surface area contributed by atoms with Gasteiger partial charge in [-0.2, -0.15) is 0 Å². The summed E-state index contributed by atoms with van der Waals surface area (Å²) in [5.74, 6) is 1.60. The van der Waals surface area contributed by atoms with Crippen LogP contribution in [-0.4, -0.2) is 37.1 Å². The van der Waals surface area contributed by atoms with Crippen molar-refractivity contribution in [2.75, 3.05) is 20.1 Å². The normalized spacial score (nSPS) is 30.8. The lowest BCUT2D eigenvalue weighted by atomic mass is 9.88. The number of rotatable bonds is 4. The molecule has 0 aromatic heterocycles. The van der Waals surface area contributed by atoms with E-state index in [1.807, 2.05) is 0 Å². The molecule has 0 radical (unpaired) electrons. The predicted molar refractivity (Wildman–Crippen MR) is 67.1 cm³/mol. The standard InChI is InChI=1S/C13H28N2/c1-10(2)13(9-14-5)15-8-6-7-11(3)12(15)4/h10-14H,6-9H2,1-5H3. The average Bonchev–Trinajstić information content (AvgIpc) is 2.19. The van der Waals surface area contributed by atoms with E-state index >= 15 is 0 Å². The molecule has 1 aliphatic heterocycles. The number of hydrogen-bond acceptors (Lipinski definition) is 2. The van der Waals surface area contributed by atoms with Crippen LogP contribution in [0.4, 0.5) is 0 Å². The Morgan fingerprint density at radius 2 is 2.00 bits per heavy atom. The molecule has 3 unspecified atom stereocenters. The lowest BCUT2D eigenvalue weighted by Gasteiger charge is -2.44. The molecule has 0 aromatic rings. The Kier molecular flexibility index (Phi) is 5.07. The van der Waals surface area contributed by atoms with E-state index in [2.05, 4.69) is 45.0 Å². The number of hydrogen-bond donors (Lipinski definition) is 1. The summed E-state index contributed by atoms with van der Waals surface area (Å²) in [4.78, 5) is 2.72. The fraction of sp³-hybridized carbons (Fsp3) is 1.00. The highest BCUT2D eigenvalue weighted by Gasteiger charge is 2.31. The molecule has 0 aliphatic carbocycles. The Morgan fingerprint density at radius 1 is 1.33 bits per heavy atom. The molecular formula is C13H28N2. The second-order valence-electron chi connectivity index (χ2n) is 5.47. The van der Waals surface area contributed by atoms with Gasteiger partial charge in [0.1, 0.15) is 0 Å². The topological polar surface area (TPSA) is 15.3 Å². The summed E-state index contributed by atoms with van der Waals surface area (Å²) in [6.07, 6.45) is 2.78. The third-order valence-electron chi connectivity index (χ3n) is 4.03. The lowest BCUT2D eigenvalue weighted by Crippen LogP contribution is -2.53. The Labute approximate surface area is 95.4 Å². The first-order valence-electron chi connectivity index (χ1n) is 6.48. The maximum absolute atomic E-state index is 3.34. The van der Waals surface area contributed by atoms with Crippen molar-refractivity contribution < 1.29 is 0 Å². The number of likely N-dealkylation sites (tertiary alicyclic amines) is 1. The van der Waals surface area contributed by atoms with Gasteiger partial charge in [-0.1, -0.05) is 20.8 Å². The number of likely N-dealkylation sites (N-methyl/N-ethyl adjacent to an activating group) is 1. The zero-order chi connectivity index (χ0) is 11.4. The zero-order valence-corrected chi connectivity index (χ0v) is 11.1. The van der Waals surface area contributed by atoms with Gasteiger partial charge in [0.15, 0.2) is 0 Å². The molecule has 1 saturated heterocycles. The SMILES string of the molecule is CNCC(C(C)C)N1CCCC(C)C1C. The van der Waals surface area contributed by atoms with Gasteiger partial charge in [0, 0.05) is 18.6 Å². The Bertz CT molecular complexity index is 179. The van der Waals surface area contributed by atoms with Crippen LogP contribution in [0.25, 0.3) is 0 Å². The van der Waals surface area contributed by atoms with Crippen LogP contribution in [0.1, 0.15) is 40.5 Å². The molecule has 0 aromatic carbocycles. The fourth-order valence-corrected chi connectivity index (χ4v) is 2.78. The van der Waals surface area contributed by atoms with Crippen LogP contribution in [-0.2, 0) is 0 Å². The van der Waals surface area contributed by atoms with Crippen molar-refractivity contribution in [2.24, 2.45) is 11.8 Å². The summed E-state index contributed by atoms with van der Waals surface area (Å²) in [5.41, 5.74) is 0. The van der Waals surface area contributed by atoms with Gasteiger partial charge in [-0.15, -0.1) is 0 Å². The van der Waals surface area contributed by atoms with E-state index in [4.69, 9.17) is 0 Å². The zero-order valence-electron chi connectivity index (χ0n) is 11.1. The minimum Gasteiger partial charge on any atom is -0.318 e. The van der Waals surface area contributed by atoms with Crippen LogP contribution in [0.5, 0.6) is 0 Å². The Balaban J connectivity index is 2.64. The first-order chi connectivity index (χ1) is 7.07. The second-order valence-corrected chi connectivity index (χ2v) is 5.47. The van der Waals surface area contributed by atoms with Crippen LogP contribution >= 0.6 is 0 Å². The Hall–Kier alpha value is -0.0800. The molecule has 1 rings (SSSR count). The highest BCUT2D eigenvalue weighted by atomic mass is 15.2. The summed E-state index contributed by atoms with van der Waals surface area (Å²) < 4.78 is 0. The smallest absolute Gasteiger partial charge is 0.0246 e. The number of piperidine rings is 1. The van der Waals surface area contributed by atoms with Gasteiger partial charge in [0.25, 0.3) is 0 Å². The highest BCUT2D eigenvalue weighted by molar-refractivity contribution is 4.86. The molecule has 1 aliphatic rings. The molecule has 0 saturated carbocycles. The van der Waals surface area contributed by atoms with E-state index in [9.17, 15) is 0 Å². The van der Waals surface area contributed by atoms with E-state index < -0.39 is 0 Å². The fourth-order valence-electron chi connectivity index (χ4n) is 2.78. The van der Waals surface area contributed by atoms with E-state index in [-0.39, 0.29) is 0 Å². The monoisotopic (exact) mass is 212 g/mol. The molecule has 0 amide bonds. The van der Waals surface area contributed by atoms with Crippen LogP contribution in [0.3, 0.4) is 0 Å². The molecule has 3 atom stereocenters. The van der Waals surface area contributed by atoms with Gasteiger partial charge >= 0.3 is 0 Å². The minimum atomic E-state index is 0.702. The van der Waals surface area contributed by atoms with Crippen LogP contribution in [0.2, 0.25) is 0 Å². The lowest BCUT2D eigenvalue weighted by molar-refractivity contribution is 0.0478.